The predicted molar refractivity (Wildman–Crippen MR) is 96.1 cm³/mol. The van der Waals surface area contributed by atoms with E-state index < -0.39 is 17.8 Å². The van der Waals surface area contributed by atoms with Crippen molar-refractivity contribution < 1.29 is 23.9 Å². The molecule has 5 amide bonds. The van der Waals surface area contributed by atoms with Gasteiger partial charge in [-0.2, -0.15) is 0 Å². The molecule has 1 N–H and O–H groups in total. The zero-order valence-corrected chi connectivity index (χ0v) is 14.8. The second kappa shape index (κ2) is 7.28. The Balaban J connectivity index is 1.66. The number of nitrogens with one attached hydrogen (secondary N) is 1. The molecule has 27 heavy (non-hydrogen) atoms. The molecule has 1 fully saturated rings. The van der Waals surface area contributed by atoms with Crippen LogP contribution in [0, 0.1) is 0 Å². The standard InChI is InChI=1S/C19H17N3O5/c1-21-17(24)18(25)22(19(21)26)11-12-3-5-13(6-4-12)16(23)20-14-7-9-15(27-2)10-8-14/h3-10H,11H2,1-2H3,(H,20,23). The highest BCUT2D eigenvalue weighted by Gasteiger charge is 2.41. The SMILES string of the molecule is COc1ccc(NC(=O)c2ccc(CN3C(=O)C(=O)N(C)C3=O)cc2)cc1. The van der Waals surface area contributed by atoms with Crippen molar-refractivity contribution in [1.82, 2.24) is 9.80 Å². The summed E-state index contributed by atoms with van der Waals surface area (Å²) >= 11 is 0. The lowest BCUT2D eigenvalue weighted by atomic mass is 10.1. The third kappa shape index (κ3) is 3.64. The number of rotatable bonds is 5. The molecule has 0 bridgehead atoms. The number of hydrogen-bond donors (Lipinski definition) is 1. The molecule has 8 heteroatoms. The van der Waals surface area contributed by atoms with Crippen molar-refractivity contribution in [3.8, 4) is 5.75 Å². The number of amides is 5. The van der Waals surface area contributed by atoms with Crippen LogP contribution in [0.25, 0.3) is 0 Å². The summed E-state index contributed by atoms with van der Waals surface area (Å²) in [6.45, 7) is -0.0336. The number of urea groups is 1. The summed E-state index contributed by atoms with van der Waals surface area (Å²) in [4.78, 5) is 49.2. The number of benzene rings is 2. The lowest BCUT2D eigenvalue weighted by Crippen LogP contribution is -2.31. The van der Waals surface area contributed by atoms with Crippen LogP contribution < -0.4 is 10.1 Å². The molecule has 2 aromatic carbocycles. The Morgan fingerprint density at radius 1 is 0.963 bits per heavy atom. The number of anilines is 1. The Bertz CT molecular complexity index is 906. The van der Waals surface area contributed by atoms with Gasteiger partial charge >= 0.3 is 17.8 Å². The van der Waals surface area contributed by atoms with Crippen molar-refractivity contribution in [3.05, 3.63) is 59.7 Å². The first kappa shape index (κ1) is 18.1. The Hall–Kier alpha value is -3.68. The smallest absolute Gasteiger partial charge is 0.334 e. The van der Waals surface area contributed by atoms with Gasteiger partial charge in [0.05, 0.1) is 13.7 Å². The minimum absolute atomic E-state index is 0.0336. The molecule has 1 saturated heterocycles. The Kier molecular flexibility index (Phi) is 4.89. The van der Waals surface area contributed by atoms with Gasteiger partial charge in [0, 0.05) is 18.3 Å². The largest absolute Gasteiger partial charge is 0.497 e. The lowest BCUT2D eigenvalue weighted by molar-refractivity contribution is -0.143. The maximum Gasteiger partial charge on any atom is 0.334 e. The van der Waals surface area contributed by atoms with E-state index in [2.05, 4.69) is 5.32 Å². The number of hydrogen-bond acceptors (Lipinski definition) is 5. The van der Waals surface area contributed by atoms with Crippen LogP contribution in [-0.2, 0) is 16.1 Å². The minimum atomic E-state index is -0.858. The molecule has 3 rings (SSSR count). The normalized spacial score (nSPS) is 13.9. The van der Waals surface area contributed by atoms with Gasteiger partial charge < -0.3 is 10.1 Å². The molecule has 0 saturated carbocycles. The van der Waals surface area contributed by atoms with Crippen molar-refractivity contribution in [2.24, 2.45) is 0 Å². The third-order valence-corrected chi connectivity index (χ3v) is 4.16. The molecule has 0 unspecified atom stereocenters. The summed E-state index contributed by atoms with van der Waals surface area (Å²) in [6, 6.07) is 12.7. The Labute approximate surface area is 155 Å². The second-order valence-electron chi connectivity index (χ2n) is 5.92. The van der Waals surface area contributed by atoms with Gasteiger partial charge in [-0.1, -0.05) is 12.1 Å². The summed E-state index contributed by atoms with van der Waals surface area (Å²) in [5.41, 5.74) is 1.67. The van der Waals surface area contributed by atoms with Gasteiger partial charge in [0.2, 0.25) is 0 Å². The fraction of sp³-hybridized carbons (Fsp3) is 0.158. The monoisotopic (exact) mass is 367 g/mol. The zero-order chi connectivity index (χ0) is 19.6. The maximum absolute atomic E-state index is 12.3. The maximum atomic E-state index is 12.3. The topological polar surface area (TPSA) is 96.0 Å². The van der Waals surface area contributed by atoms with E-state index >= 15 is 0 Å². The number of carbonyl (C=O) groups is 4. The van der Waals surface area contributed by atoms with Crippen LogP contribution in [0.1, 0.15) is 15.9 Å². The van der Waals surface area contributed by atoms with E-state index in [0.29, 0.717) is 22.6 Å². The summed E-state index contributed by atoms with van der Waals surface area (Å²) in [7, 11) is 2.82. The average Bonchev–Trinajstić information content (AvgIpc) is 2.87. The van der Waals surface area contributed by atoms with Crippen LogP contribution in [0.3, 0.4) is 0 Å². The first-order chi connectivity index (χ1) is 12.9. The van der Waals surface area contributed by atoms with Crippen LogP contribution in [0.2, 0.25) is 0 Å². The molecule has 0 spiro atoms. The minimum Gasteiger partial charge on any atom is -0.497 e. The zero-order valence-electron chi connectivity index (χ0n) is 14.8. The van der Waals surface area contributed by atoms with Crippen molar-refractivity contribution in [3.63, 3.8) is 0 Å². The summed E-state index contributed by atoms with van der Waals surface area (Å²) < 4.78 is 5.07. The quantitative estimate of drug-likeness (QED) is 0.643. The molecule has 8 nitrogen and oxygen atoms in total. The number of carbonyl (C=O) groups excluding carboxylic acids is 4. The van der Waals surface area contributed by atoms with Crippen LogP contribution in [0.4, 0.5) is 10.5 Å². The van der Waals surface area contributed by atoms with Crippen LogP contribution in [-0.4, -0.2) is 47.7 Å². The van der Waals surface area contributed by atoms with E-state index in [4.69, 9.17) is 4.74 Å². The fourth-order valence-electron chi connectivity index (χ4n) is 2.57. The lowest BCUT2D eigenvalue weighted by Gasteiger charge is -2.13. The first-order valence-corrected chi connectivity index (χ1v) is 8.08. The highest BCUT2D eigenvalue weighted by Crippen LogP contribution is 2.17. The molecule has 0 aromatic heterocycles. The molecule has 1 aliphatic rings. The molecule has 0 atom stereocenters. The van der Waals surface area contributed by atoms with E-state index in [1.165, 1.54) is 7.05 Å². The Morgan fingerprint density at radius 3 is 2.11 bits per heavy atom. The van der Waals surface area contributed by atoms with Crippen molar-refractivity contribution in [2.75, 3.05) is 19.5 Å². The highest BCUT2D eigenvalue weighted by molar-refractivity contribution is 6.44. The van der Waals surface area contributed by atoms with E-state index in [-0.39, 0.29) is 12.5 Å². The number of likely N-dealkylation sites (N-methyl/N-ethyl adjacent to an activating group) is 1. The van der Waals surface area contributed by atoms with Crippen LogP contribution >= 0.6 is 0 Å². The van der Waals surface area contributed by atoms with Crippen molar-refractivity contribution in [1.29, 1.82) is 0 Å². The molecule has 138 valence electrons. The average molecular weight is 367 g/mol. The number of ether oxygens (including phenoxy) is 1. The van der Waals surface area contributed by atoms with Gasteiger partial charge in [-0.05, 0) is 42.0 Å². The predicted octanol–water partition coefficient (Wildman–Crippen LogP) is 1.87. The van der Waals surface area contributed by atoms with Crippen molar-refractivity contribution >= 4 is 29.4 Å². The van der Waals surface area contributed by atoms with Gasteiger partial charge in [-0.3, -0.25) is 24.2 Å². The van der Waals surface area contributed by atoms with Gasteiger partial charge in [0.1, 0.15) is 5.75 Å². The number of imide groups is 2. The number of nitrogens with zero attached hydrogens (tertiary/aromatic N) is 2. The van der Waals surface area contributed by atoms with Crippen LogP contribution in [0.5, 0.6) is 5.75 Å². The molecular weight excluding hydrogens is 350 g/mol. The highest BCUT2D eigenvalue weighted by atomic mass is 16.5. The van der Waals surface area contributed by atoms with E-state index in [0.717, 1.165) is 9.80 Å². The summed E-state index contributed by atoms with van der Waals surface area (Å²) in [6.07, 6.45) is 0. The number of methoxy groups -OCH3 is 1. The molecule has 0 aliphatic carbocycles. The van der Waals surface area contributed by atoms with Gasteiger partial charge in [0.25, 0.3) is 5.91 Å². The molecule has 1 aliphatic heterocycles. The molecular formula is C19H17N3O5. The first-order valence-electron chi connectivity index (χ1n) is 8.08. The van der Waals surface area contributed by atoms with Gasteiger partial charge in [0.15, 0.2) is 0 Å². The van der Waals surface area contributed by atoms with Gasteiger partial charge in [-0.15, -0.1) is 0 Å². The summed E-state index contributed by atoms with van der Waals surface area (Å²) in [5.74, 6) is -1.32. The van der Waals surface area contributed by atoms with E-state index in [1.54, 1.807) is 55.6 Å². The second-order valence-corrected chi connectivity index (χ2v) is 5.92. The fourth-order valence-corrected chi connectivity index (χ4v) is 2.57. The van der Waals surface area contributed by atoms with Crippen molar-refractivity contribution in [2.45, 2.75) is 6.54 Å². The van der Waals surface area contributed by atoms with E-state index in [9.17, 15) is 19.2 Å². The molecule has 2 aromatic rings. The molecule has 0 radical (unpaired) electrons. The third-order valence-electron chi connectivity index (χ3n) is 4.16. The van der Waals surface area contributed by atoms with Gasteiger partial charge in [-0.25, -0.2) is 4.79 Å². The van der Waals surface area contributed by atoms with Crippen LogP contribution in [0.15, 0.2) is 48.5 Å². The Morgan fingerprint density at radius 2 is 1.59 bits per heavy atom. The van der Waals surface area contributed by atoms with E-state index in [1.807, 2.05) is 0 Å². The summed E-state index contributed by atoms with van der Waals surface area (Å²) in [5, 5.41) is 2.76. The molecule has 1 heterocycles.